The molecule has 46 valence electrons. The first-order valence-electron chi connectivity index (χ1n) is 0.908. The van der Waals surface area contributed by atoms with E-state index in [1.807, 2.05) is 0 Å². The molecule has 0 radical (unpaired) electrons. The number of carboxylic acids is 1. The Morgan fingerprint density at radius 3 is 1.43 bits per heavy atom. The summed E-state index contributed by atoms with van der Waals surface area (Å²) in [4.78, 5) is 8.89. The maximum absolute atomic E-state index is 8.89. The Hall–Kier alpha value is 0.556. The van der Waals surface area contributed by atoms with Crippen LogP contribution in [-0.2, 0) is 21.6 Å². The third-order valence-electron chi connectivity index (χ3n) is 0. The fourth-order valence-corrected chi connectivity index (χ4v) is 0. The third kappa shape index (κ3) is 440. The Balaban J connectivity index is -0.0000000150. The summed E-state index contributed by atoms with van der Waals surface area (Å²) in [5.41, 5.74) is 0. The van der Waals surface area contributed by atoms with E-state index in [1.165, 1.54) is 0 Å². The molecule has 0 aliphatic carbocycles. The van der Waals surface area contributed by atoms with Crippen LogP contribution < -0.4 is 29.9 Å². The monoisotopic (exact) mass is 188 g/mol. The molecule has 0 N–H and O–H groups in total. The molecule has 0 rings (SSSR count). The Bertz CT molecular complexity index is 36.7. The number of rotatable bonds is 0. The van der Waals surface area contributed by atoms with Gasteiger partial charge in [0.05, 0.1) is 0 Å². The van der Waals surface area contributed by atoms with Crippen LogP contribution in [-0.4, -0.2) is 5.97 Å². The van der Waals surface area contributed by atoms with Gasteiger partial charge in [0, 0.05) is 5.97 Å². The number of carboxylic acid groups (broad SMARTS) is 1. The van der Waals surface area contributed by atoms with Gasteiger partial charge in [-0.25, -0.2) is 0 Å². The van der Waals surface area contributed by atoms with Crippen molar-refractivity contribution in [2.75, 3.05) is 0 Å². The van der Waals surface area contributed by atoms with Gasteiger partial charge in [0.15, 0.2) is 0 Å². The van der Waals surface area contributed by atoms with Crippen LogP contribution >= 0.6 is 0 Å². The van der Waals surface area contributed by atoms with Crippen molar-refractivity contribution in [3.05, 3.63) is 0 Å². The SMILES string of the molecule is CC(=O)[O-].[Cl-].[Cl-].[Co+3]. The van der Waals surface area contributed by atoms with Gasteiger partial charge < -0.3 is 34.7 Å². The Labute approximate surface area is 64.7 Å². The second-order valence-electron chi connectivity index (χ2n) is 0.492. The first kappa shape index (κ1) is 25.7. The quantitative estimate of drug-likeness (QED) is 0.379. The summed E-state index contributed by atoms with van der Waals surface area (Å²) in [6.45, 7) is 0.972. The summed E-state index contributed by atoms with van der Waals surface area (Å²) in [6, 6.07) is 0. The molecule has 0 saturated heterocycles. The molecule has 2 nitrogen and oxygen atoms in total. The molecule has 0 aromatic heterocycles. The normalized spacial score (nSPS) is 3.57. The summed E-state index contributed by atoms with van der Waals surface area (Å²) in [6.07, 6.45) is 0. The summed E-state index contributed by atoms with van der Waals surface area (Å²) < 4.78 is 0. The minimum absolute atomic E-state index is 0. The molecular formula is C2H3Cl2CoO2. The molecule has 0 spiro atoms. The van der Waals surface area contributed by atoms with Gasteiger partial charge in [0.1, 0.15) is 0 Å². The van der Waals surface area contributed by atoms with Crippen LogP contribution in [0.3, 0.4) is 0 Å². The number of hydrogen-bond acceptors (Lipinski definition) is 2. The zero-order valence-electron chi connectivity index (χ0n) is 3.41. The van der Waals surface area contributed by atoms with Crippen LogP contribution in [0.5, 0.6) is 0 Å². The Morgan fingerprint density at radius 1 is 1.43 bits per heavy atom. The van der Waals surface area contributed by atoms with Crippen LogP contribution in [0.25, 0.3) is 0 Å². The molecule has 0 heterocycles. The predicted octanol–water partition coefficient (Wildman–Crippen LogP) is -7.24. The summed E-state index contributed by atoms with van der Waals surface area (Å²) in [7, 11) is 0. The zero-order chi connectivity index (χ0) is 3.58. The number of hydrogen-bond donors (Lipinski definition) is 0. The van der Waals surface area contributed by atoms with Gasteiger partial charge in [-0.1, -0.05) is 0 Å². The standard InChI is InChI=1S/C2H4O2.2ClH.Co/c1-2(3)4;;;/h1H3,(H,3,4);2*1H;/q;;;+3/p-3. The molecule has 7 heavy (non-hydrogen) atoms. The van der Waals surface area contributed by atoms with Crippen molar-refractivity contribution in [1.29, 1.82) is 0 Å². The van der Waals surface area contributed by atoms with E-state index in [4.69, 9.17) is 9.90 Å². The van der Waals surface area contributed by atoms with Crippen LogP contribution in [0.2, 0.25) is 0 Å². The van der Waals surface area contributed by atoms with Crippen molar-refractivity contribution < 1.29 is 51.5 Å². The van der Waals surface area contributed by atoms with Gasteiger partial charge in [-0.15, -0.1) is 0 Å². The maximum atomic E-state index is 8.89. The number of halogens is 2. The van der Waals surface area contributed by atoms with E-state index in [0.29, 0.717) is 0 Å². The molecule has 0 bridgehead atoms. The summed E-state index contributed by atoms with van der Waals surface area (Å²) in [5, 5.41) is 8.89. The van der Waals surface area contributed by atoms with Crippen LogP contribution in [0.4, 0.5) is 0 Å². The zero-order valence-corrected chi connectivity index (χ0v) is 5.96. The van der Waals surface area contributed by atoms with Crippen LogP contribution in [0.1, 0.15) is 6.92 Å². The largest absolute Gasteiger partial charge is 3.00 e. The third-order valence-corrected chi connectivity index (χ3v) is 0. The second-order valence-corrected chi connectivity index (χ2v) is 0.492. The van der Waals surface area contributed by atoms with Crippen molar-refractivity contribution in [2.24, 2.45) is 0 Å². The van der Waals surface area contributed by atoms with Crippen molar-refractivity contribution in [3.8, 4) is 0 Å². The summed E-state index contributed by atoms with van der Waals surface area (Å²) in [5.74, 6) is -1.08. The van der Waals surface area contributed by atoms with Crippen molar-refractivity contribution >= 4 is 5.97 Å². The van der Waals surface area contributed by atoms with E-state index in [2.05, 4.69) is 0 Å². The molecule has 0 saturated carbocycles. The van der Waals surface area contributed by atoms with Gasteiger partial charge in [-0.3, -0.25) is 0 Å². The average molecular weight is 189 g/mol. The van der Waals surface area contributed by atoms with Gasteiger partial charge >= 0.3 is 16.8 Å². The average Bonchev–Trinajstić information content (AvgIpc) is 0.811. The van der Waals surface area contributed by atoms with E-state index in [0.717, 1.165) is 6.92 Å². The van der Waals surface area contributed by atoms with Crippen LogP contribution in [0.15, 0.2) is 0 Å². The van der Waals surface area contributed by atoms with Crippen LogP contribution in [0, 0.1) is 0 Å². The molecule has 0 amide bonds. The molecule has 0 atom stereocenters. The van der Waals surface area contributed by atoms with E-state index >= 15 is 0 Å². The first-order chi connectivity index (χ1) is 1.73. The molecule has 0 unspecified atom stereocenters. The van der Waals surface area contributed by atoms with Crippen molar-refractivity contribution in [2.45, 2.75) is 6.92 Å². The fourth-order valence-electron chi connectivity index (χ4n) is 0. The molecule has 0 aliphatic rings. The fraction of sp³-hybridized carbons (Fsp3) is 0.500. The van der Waals surface area contributed by atoms with E-state index in [9.17, 15) is 0 Å². The topological polar surface area (TPSA) is 40.1 Å². The Kier molecular flexibility index (Phi) is 58.7. The molecule has 0 fully saturated rings. The minimum atomic E-state index is -1.08. The second kappa shape index (κ2) is 16.0. The van der Waals surface area contributed by atoms with E-state index in [-0.39, 0.29) is 41.6 Å². The first-order valence-corrected chi connectivity index (χ1v) is 0.908. The van der Waals surface area contributed by atoms with E-state index < -0.39 is 5.97 Å². The van der Waals surface area contributed by atoms with Gasteiger partial charge in [-0.2, -0.15) is 0 Å². The van der Waals surface area contributed by atoms with Gasteiger partial charge in [0.25, 0.3) is 0 Å². The summed E-state index contributed by atoms with van der Waals surface area (Å²) >= 11 is 0. The van der Waals surface area contributed by atoms with E-state index in [1.54, 1.807) is 0 Å². The smallest absolute Gasteiger partial charge is 1.00 e. The molecule has 5 heteroatoms. The Morgan fingerprint density at radius 2 is 1.43 bits per heavy atom. The van der Waals surface area contributed by atoms with Crippen molar-refractivity contribution in [3.63, 3.8) is 0 Å². The maximum Gasteiger partial charge on any atom is 3.00 e. The number of aliphatic carboxylic acids is 1. The predicted molar refractivity (Wildman–Crippen MR) is 10.7 cm³/mol. The molecule has 0 aromatic rings. The van der Waals surface area contributed by atoms with Gasteiger partial charge in [0.2, 0.25) is 0 Å². The molecule has 0 aliphatic heterocycles. The van der Waals surface area contributed by atoms with Crippen molar-refractivity contribution in [1.82, 2.24) is 0 Å². The number of carbonyl (C=O) groups is 1. The number of carbonyl (C=O) groups excluding carboxylic acids is 1. The molecule has 0 aromatic carbocycles. The molecular weight excluding hydrogens is 186 g/mol. The minimum Gasteiger partial charge on any atom is -1.00 e. The van der Waals surface area contributed by atoms with Gasteiger partial charge in [-0.05, 0) is 6.92 Å².